The van der Waals surface area contributed by atoms with E-state index in [0.29, 0.717) is 6.04 Å². The van der Waals surface area contributed by atoms with Gasteiger partial charge in [0.15, 0.2) is 0 Å². The van der Waals surface area contributed by atoms with Crippen LogP contribution in [0.1, 0.15) is 18.4 Å². The summed E-state index contributed by atoms with van der Waals surface area (Å²) in [5.74, 6) is 0.834. The van der Waals surface area contributed by atoms with Crippen molar-refractivity contribution in [2.24, 2.45) is 0 Å². The van der Waals surface area contributed by atoms with Crippen LogP contribution in [-0.4, -0.2) is 46.5 Å². The average molecular weight is 284 g/mol. The number of fused-ring (bicyclic) bond motifs is 2. The molecule has 0 amide bonds. The maximum Gasteiger partial charge on any atom is 0.259 e. The Bertz CT molecular complexity index is 739. The smallest absolute Gasteiger partial charge is 0.259 e. The normalized spacial score (nSPS) is 22.7. The highest BCUT2D eigenvalue weighted by molar-refractivity contribution is 5.53. The van der Waals surface area contributed by atoms with E-state index >= 15 is 0 Å². The number of nitrogens with zero attached hydrogens (tertiary/aromatic N) is 4. The van der Waals surface area contributed by atoms with Crippen LogP contribution in [0.3, 0.4) is 0 Å². The zero-order chi connectivity index (χ0) is 14.4. The summed E-state index contributed by atoms with van der Waals surface area (Å²) in [5.41, 5.74) is 1.82. The summed E-state index contributed by atoms with van der Waals surface area (Å²) in [6.07, 6.45) is 4.35. The van der Waals surface area contributed by atoms with Gasteiger partial charge in [-0.3, -0.25) is 14.1 Å². The van der Waals surface area contributed by atoms with Crippen LogP contribution < -0.4 is 10.5 Å². The molecule has 0 radical (unpaired) electrons. The second-order valence-corrected chi connectivity index (χ2v) is 6.12. The molecule has 2 saturated heterocycles. The lowest BCUT2D eigenvalue weighted by molar-refractivity contribution is 0.230. The van der Waals surface area contributed by atoms with E-state index in [4.69, 9.17) is 4.98 Å². The predicted molar refractivity (Wildman–Crippen MR) is 83.0 cm³/mol. The second-order valence-electron chi connectivity index (χ2n) is 6.12. The lowest BCUT2D eigenvalue weighted by Gasteiger charge is -2.38. The third kappa shape index (κ3) is 2.12. The topological polar surface area (TPSA) is 40.9 Å². The van der Waals surface area contributed by atoms with E-state index in [2.05, 4.69) is 9.80 Å². The quantitative estimate of drug-likeness (QED) is 0.791. The van der Waals surface area contributed by atoms with Gasteiger partial charge in [0.05, 0.1) is 0 Å². The number of piperazine rings is 1. The van der Waals surface area contributed by atoms with Crippen molar-refractivity contribution in [3.8, 4) is 0 Å². The molecule has 2 aromatic rings. The Morgan fingerprint density at radius 1 is 1.29 bits per heavy atom. The first-order valence-corrected chi connectivity index (χ1v) is 7.70. The van der Waals surface area contributed by atoms with Crippen molar-refractivity contribution >= 4 is 11.5 Å². The number of hydrogen-bond acceptors (Lipinski definition) is 4. The van der Waals surface area contributed by atoms with Gasteiger partial charge in [-0.1, -0.05) is 6.07 Å². The molecule has 5 heteroatoms. The van der Waals surface area contributed by atoms with Gasteiger partial charge in [-0.15, -0.1) is 0 Å². The number of aromatic nitrogens is 2. The summed E-state index contributed by atoms with van der Waals surface area (Å²) in [4.78, 5) is 21.9. The summed E-state index contributed by atoms with van der Waals surface area (Å²) in [6, 6.07) is 6.20. The molecule has 0 aliphatic carbocycles. The van der Waals surface area contributed by atoms with E-state index in [0.717, 1.165) is 36.7 Å². The number of pyridine rings is 1. The molecule has 21 heavy (non-hydrogen) atoms. The molecule has 0 spiro atoms. The number of hydrogen-bond donors (Lipinski definition) is 0. The standard InChI is InChI=1S/C16H20N4O/c1-12-4-2-7-20-15(21)10-14(17-16(12)20)19-9-8-18-6-3-5-13(18)11-19/h2,4,7,10,13H,3,5-6,8-9,11H2,1H3/t13-/m1/s1. The van der Waals surface area contributed by atoms with Gasteiger partial charge in [0, 0.05) is 37.9 Å². The Balaban J connectivity index is 1.73. The molecule has 5 nitrogen and oxygen atoms in total. The predicted octanol–water partition coefficient (Wildman–Crippen LogP) is 1.29. The maximum atomic E-state index is 12.3. The summed E-state index contributed by atoms with van der Waals surface area (Å²) >= 11 is 0. The third-order valence-corrected chi connectivity index (χ3v) is 4.78. The van der Waals surface area contributed by atoms with Crippen LogP contribution in [0.2, 0.25) is 0 Å². The van der Waals surface area contributed by atoms with Crippen molar-refractivity contribution in [3.63, 3.8) is 0 Å². The van der Waals surface area contributed by atoms with Gasteiger partial charge in [-0.25, -0.2) is 4.98 Å². The highest BCUT2D eigenvalue weighted by Crippen LogP contribution is 2.24. The van der Waals surface area contributed by atoms with E-state index in [-0.39, 0.29) is 5.56 Å². The zero-order valence-corrected chi connectivity index (χ0v) is 12.3. The van der Waals surface area contributed by atoms with Gasteiger partial charge in [0.1, 0.15) is 11.5 Å². The van der Waals surface area contributed by atoms with Crippen LogP contribution in [-0.2, 0) is 0 Å². The molecule has 2 aromatic heterocycles. The monoisotopic (exact) mass is 284 g/mol. The van der Waals surface area contributed by atoms with Gasteiger partial charge in [0.2, 0.25) is 0 Å². The van der Waals surface area contributed by atoms with Gasteiger partial charge in [0.25, 0.3) is 5.56 Å². The SMILES string of the molecule is Cc1cccn2c(=O)cc(N3CCN4CCC[C@@H]4C3)nc12. The van der Waals surface area contributed by atoms with Gasteiger partial charge in [-0.2, -0.15) is 0 Å². The number of rotatable bonds is 1. The third-order valence-electron chi connectivity index (χ3n) is 4.78. The summed E-state index contributed by atoms with van der Waals surface area (Å²) in [5, 5.41) is 0. The Morgan fingerprint density at radius 2 is 2.19 bits per heavy atom. The first-order valence-electron chi connectivity index (χ1n) is 7.70. The van der Waals surface area contributed by atoms with Gasteiger partial charge >= 0.3 is 0 Å². The molecule has 0 aromatic carbocycles. The minimum atomic E-state index is 0.00699. The lowest BCUT2D eigenvalue weighted by Crippen LogP contribution is -2.50. The Labute approximate surface area is 123 Å². The van der Waals surface area contributed by atoms with E-state index in [1.54, 1.807) is 16.7 Å². The molecule has 0 bridgehead atoms. The van der Waals surface area contributed by atoms with E-state index in [1.807, 2.05) is 19.1 Å². The van der Waals surface area contributed by atoms with Crippen LogP contribution in [0, 0.1) is 6.92 Å². The summed E-state index contributed by atoms with van der Waals surface area (Å²) < 4.78 is 1.63. The fourth-order valence-electron chi connectivity index (χ4n) is 3.61. The van der Waals surface area contributed by atoms with Gasteiger partial charge in [-0.05, 0) is 37.9 Å². The Hall–Kier alpha value is -1.88. The highest BCUT2D eigenvalue weighted by atomic mass is 16.1. The van der Waals surface area contributed by atoms with Crippen LogP contribution in [0.25, 0.3) is 5.65 Å². The number of aryl methyl sites for hydroxylation is 1. The largest absolute Gasteiger partial charge is 0.354 e. The fourth-order valence-corrected chi connectivity index (χ4v) is 3.61. The van der Waals surface area contributed by atoms with Crippen molar-refractivity contribution < 1.29 is 0 Å². The minimum absolute atomic E-state index is 0.00699. The molecule has 0 saturated carbocycles. The Kier molecular flexibility index (Phi) is 2.96. The first kappa shape index (κ1) is 12.8. The molecule has 4 rings (SSSR count). The molecular formula is C16H20N4O. The van der Waals surface area contributed by atoms with Crippen LogP contribution in [0.15, 0.2) is 29.2 Å². The molecule has 0 N–H and O–H groups in total. The summed E-state index contributed by atoms with van der Waals surface area (Å²) in [7, 11) is 0. The molecule has 2 aliphatic heterocycles. The van der Waals surface area contributed by atoms with E-state index in [9.17, 15) is 4.79 Å². The van der Waals surface area contributed by atoms with Crippen LogP contribution in [0.5, 0.6) is 0 Å². The molecular weight excluding hydrogens is 264 g/mol. The van der Waals surface area contributed by atoms with Gasteiger partial charge < -0.3 is 4.90 Å². The van der Waals surface area contributed by atoms with Crippen molar-refractivity contribution in [3.05, 3.63) is 40.3 Å². The molecule has 2 aliphatic rings. The average Bonchev–Trinajstić information content (AvgIpc) is 2.95. The molecule has 0 unspecified atom stereocenters. The second kappa shape index (κ2) is 4.84. The lowest BCUT2D eigenvalue weighted by atomic mass is 10.1. The molecule has 4 heterocycles. The van der Waals surface area contributed by atoms with Crippen LogP contribution in [0.4, 0.5) is 5.82 Å². The molecule has 110 valence electrons. The minimum Gasteiger partial charge on any atom is -0.354 e. The van der Waals surface area contributed by atoms with E-state index < -0.39 is 0 Å². The summed E-state index contributed by atoms with van der Waals surface area (Å²) in [6.45, 7) is 6.27. The maximum absolute atomic E-state index is 12.3. The van der Waals surface area contributed by atoms with E-state index in [1.165, 1.54) is 19.4 Å². The number of anilines is 1. The van der Waals surface area contributed by atoms with Crippen LogP contribution >= 0.6 is 0 Å². The highest BCUT2D eigenvalue weighted by Gasteiger charge is 2.31. The van der Waals surface area contributed by atoms with Crippen molar-refractivity contribution in [2.45, 2.75) is 25.8 Å². The molecule has 2 fully saturated rings. The Morgan fingerprint density at radius 3 is 3.10 bits per heavy atom. The first-order chi connectivity index (χ1) is 10.2. The van der Waals surface area contributed by atoms with Crippen molar-refractivity contribution in [2.75, 3.05) is 31.1 Å². The zero-order valence-electron chi connectivity index (χ0n) is 12.3. The fraction of sp³-hybridized carbons (Fsp3) is 0.500. The van der Waals surface area contributed by atoms with Crippen molar-refractivity contribution in [1.29, 1.82) is 0 Å². The molecule has 1 atom stereocenters. The van der Waals surface area contributed by atoms with Crippen molar-refractivity contribution in [1.82, 2.24) is 14.3 Å².